The van der Waals surface area contributed by atoms with Gasteiger partial charge in [-0.1, -0.05) is 24.1 Å². The number of rotatable bonds is 4. The summed E-state index contributed by atoms with van der Waals surface area (Å²) in [5, 5.41) is 0.221. The number of carbonyl (C=O) groups is 3. The summed E-state index contributed by atoms with van der Waals surface area (Å²) in [4.78, 5) is 39.5. The number of fused-ring (bicyclic) bond motifs is 1. The fraction of sp³-hybridized carbons (Fsp3) is 0.308. The molecule has 0 N–H and O–H groups in total. The summed E-state index contributed by atoms with van der Waals surface area (Å²) >= 11 is 0. The summed E-state index contributed by atoms with van der Waals surface area (Å²) in [6.45, 7) is 1.22. The highest BCUT2D eigenvalue weighted by molar-refractivity contribution is 6.20. The van der Waals surface area contributed by atoms with Gasteiger partial charge in [0.15, 0.2) is 0 Å². The molecule has 7 heteroatoms. The number of benzene rings is 1. The van der Waals surface area contributed by atoms with Gasteiger partial charge in [-0.05, 0) is 12.1 Å². The van der Waals surface area contributed by atoms with E-state index in [-0.39, 0.29) is 16.2 Å². The molecule has 0 spiro atoms. The molecular formula is C13H11F2NO4. The normalized spacial score (nSPS) is 14.4. The van der Waals surface area contributed by atoms with Crippen LogP contribution >= 0.6 is 0 Å². The Morgan fingerprint density at radius 3 is 2.15 bits per heavy atom. The van der Waals surface area contributed by atoms with Gasteiger partial charge in [0.2, 0.25) is 0 Å². The molecule has 20 heavy (non-hydrogen) atoms. The van der Waals surface area contributed by atoms with E-state index in [1.54, 1.807) is 12.1 Å². The third-order valence-electron chi connectivity index (χ3n) is 2.87. The van der Waals surface area contributed by atoms with Crippen molar-refractivity contribution in [1.29, 1.82) is 0 Å². The Bertz CT molecular complexity index is 550. The smallest absolute Gasteiger partial charge is 0.330 e. The Morgan fingerprint density at radius 1 is 1.20 bits per heavy atom. The highest BCUT2D eigenvalue weighted by Crippen LogP contribution is 2.26. The molecule has 2 amide bonds. The highest BCUT2D eigenvalue weighted by atomic mass is 19.3. The van der Waals surface area contributed by atoms with Crippen LogP contribution in [0.25, 0.3) is 0 Å². The van der Waals surface area contributed by atoms with Gasteiger partial charge in [-0.25, -0.2) is 13.6 Å². The number of nitrogens with zero attached hydrogens (tertiary/aromatic N) is 1. The second-order valence-electron chi connectivity index (χ2n) is 4.30. The van der Waals surface area contributed by atoms with Gasteiger partial charge in [0.05, 0.1) is 11.1 Å². The van der Waals surface area contributed by atoms with Crippen LogP contribution < -0.4 is 0 Å². The zero-order valence-corrected chi connectivity index (χ0v) is 10.6. The van der Waals surface area contributed by atoms with Crippen LogP contribution in [-0.2, 0) is 9.63 Å². The van der Waals surface area contributed by atoms with Crippen molar-refractivity contribution in [1.82, 2.24) is 5.06 Å². The molecule has 1 aromatic rings. The Labute approximate surface area is 113 Å². The first kappa shape index (κ1) is 14.1. The van der Waals surface area contributed by atoms with Crippen LogP contribution in [0, 0.1) is 0 Å². The number of hydrogen-bond acceptors (Lipinski definition) is 4. The summed E-state index contributed by atoms with van der Waals surface area (Å²) in [6, 6.07) is 5.87. The maximum absolute atomic E-state index is 13.0. The quantitative estimate of drug-likeness (QED) is 0.794. The largest absolute Gasteiger partial charge is 0.339 e. The first-order valence-electron chi connectivity index (χ1n) is 5.92. The summed E-state index contributed by atoms with van der Waals surface area (Å²) < 4.78 is 26.1. The van der Waals surface area contributed by atoms with E-state index in [1.807, 2.05) is 0 Å². The van der Waals surface area contributed by atoms with Crippen molar-refractivity contribution in [2.75, 3.05) is 0 Å². The number of amides is 2. The van der Waals surface area contributed by atoms with Gasteiger partial charge in [-0.2, -0.15) is 0 Å². The molecule has 5 nitrogen and oxygen atoms in total. The van der Waals surface area contributed by atoms with Gasteiger partial charge in [0, 0.05) is 6.42 Å². The maximum Gasteiger partial charge on any atom is 0.339 e. The fourth-order valence-electron chi connectivity index (χ4n) is 1.72. The van der Waals surface area contributed by atoms with Crippen LogP contribution in [0.3, 0.4) is 0 Å². The fourth-order valence-corrected chi connectivity index (χ4v) is 1.72. The summed E-state index contributed by atoms with van der Waals surface area (Å²) in [6.07, 6.45) is -1.72. The molecule has 0 aromatic heterocycles. The van der Waals surface area contributed by atoms with E-state index in [4.69, 9.17) is 0 Å². The SMILES string of the molecule is CCC(F)(F)CC(=O)ON1C(=O)c2ccccc2C1=O. The lowest BCUT2D eigenvalue weighted by Gasteiger charge is -2.16. The standard InChI is InChI=1S/C13H11F2NO4/c1-2-13(14,15)7-10(17)20-16-11(18)8-5-3-4-6-9(8)12(16)19/h3-6H,2,7H2,1H3. The number of hydrogen-bond donors (Lipinski definition) is 0. The van der Waals surface area contributed by atoms with Gasteiger partial charge >= 0.3 is 5.97 Å². The number of carbonyl (C=O) groups excluding carboxylic acids is 3. The van der Waals surface area contributed by atoms with Crippen LogP contribution in [-0.4, -0.2) is 28.8 Å². The van der Waals surface area contributed by atoms with Crippen LogP contribution in [0.5, 0.6) is 0 Å². The summed E-state index contributed by atoms with van der Waals surface area (Å²) in [5.41, 5.74) is 0.153. The highest BCUT2D eigenvalue weighted by Gasteiger charge is 2.40. The molecule has 0 saturated carbocycles. The molecule has 0 radical (unpaired) electrons. The lowest BCUT2D eigenvalue weighted by Crippen LogP contribution is -2.34. The number of halogens is 2. The first-order valence-corrected chi connectivity index (χ1v) is 5.92. The van der Waals surface area contributed by atoms with Crippen molar-refractivity contribution < 1.29 is 28.0 Å². The zero-order valence-electron chi connectivity index (χ0n) is 10.6. The second kappa shape index (κ2) is 4.99. The number of alkyl halides is 2. The Hall–Kier alpha value is -2.31. The van der Waals surface area contributed by atoms with E-state index in [9.17, 15) is 23.2 Å². The molecule has 0 bridgehead atoms. The van der Waals surface area contributed by atoms with E-state index in [0.29, 0.717) is 0 Å². The van der Waals surface area contributed by atoms with E-state index in [0.717, 1.165) is 0 Å². The van der Waals surface area contributed by atoms with Crippen molar-refractivity contribution in [2.24, 2.45) is 0 Å². The zero-order chi connectivity index (χ0) is 14.9. The van der Waals surface area contributed by atoms with E-state index in [1.165, 1.54) is 19.1 Å². The average molecular weight is 283 g/mol. The van der Waals surface area contributed by atoms with E-state index >= 15 is 0 Å². The van der Waals surface area contributed by atoms with Crippen molar-refractivity contribution in [3.63, 3.8) is 0 Å². The van der Waals surface area contributed by atoms with Gasteiger partial charge in [-0.15, -0.1) is 0 Å². The van der Waals surface area contributed by atoms with Crippen molar-refractivity contribution in [3.05, 3.63) is 35.4 Å². The van der Waals surface area contributed by atoms with Gasteiger partial charge < -0.3 is 4.84 Å². The van der Waals surface area contributed by atoms with Crippen LogP contribution in [0.4, 0.5) is 8.78 Å². The van der Waals surface area contributed by atoms with E-state index < -0.39 is 36.5 Å². The predicted octanol–water partition coefficient (Wildman–Crippen LogP) is 2.18. The minimum Gasteiger partial charge on any atom is -0.330 e. The third kappa shape index (κ3) is 2.52. The van der Waals surface area contributed by atoms with E-state index in [2.05, 4.69) is 4.84 Å². The molecule has 0 saturated heterocycles. The van der Waals surface area contributed by atoms with Gasteiger partial charge in [0.25, 0.3) is 17.7 Å². The van der Waals surface area contributed by atoms with Crippen molar-refractivity contribution in [3.8, 4) is 0 Å². The molecule has 0 atom stereocenters. The number of hydroxylamine groups is 2. The van der Waals surface area contributed by atoms with Crippen LogP contribution in [0.1, 0.15) is 40.5 Å². The first-order chi connectivity index (χ1) is 9.35. The molecule has 1 aliphatic heterocycles. The lowest BCUT2D eigenvalue weighted by atomic mass is 10.1. The number of imide groups is 1. The molecule has 1 aliphatic rings. The minimum atomic E-state index is -3.23. The molecule has 1 heterocycles. The lowest BCUT2D eigenvalue weighted by molar-refractivity contribution is -0.176. The molecular weight excluding hydrogens is 272 g/mol. The Kier molecular flexibility index (Phi) is 3.52. The maximum atomic E-state index is 13.0. The summed E-state index contributed by atoms with van der Waals surface area (Å²) in [5.74, 6) is -6.22. The molecule has 2 rings (SSSR count). The summed E-state index contributed by atoms with van der Waals surface area (Å²) in [7, 11) is 0. The Morgan fingerprint density at radius 2 is 1.70 bits per heavy atom. The second-order valence-corrected chi connectivity index (χ2v) is 4.30. The molecule has 0 unspecified atom stereocenters. The van der Waals surface area contributed by atoms with Crippen molar-refractivity contribution >= 4 is 17.8 Å². The Balaban J connectivity index is 2.11. The molecule has 0 aliphatic carbocycles. The average Bonchev–Trinajstić information content (AvgIpc) is 2.64. The third-order valence-corrected chi connectivity index (χ3v) is 2.87. The monoisotopic (exact) mass is 283 g/mol. The molecule has 0 fully saturated rings. The van der Waals surface area contributed by atoms with Gasteiger partial charge in [-0.3, -0.25) is 9.59 Å². The molecule has 1 aromatic carbocycles. The van der Waals surface area contributed by atoms with Crippen LogP contribution in [0.15, 0.2) is 24.3 Å². The predicted molar refractivity (Wildman–Crippen MR) is 62.9 cm³/mol. The van der Waals surface area contributed by atoms with Crippen LogP contribution in [0.2, 0.25) is 0 Å². The molecule has 106 valence electrons. The van der Waals surface area contributed by atoms with Crippen molar-refractivity contribution in [2.45, 2.75) is 25.7 Å². The minimum absolute atomic E-state index is 0.0764. The topological polar surface area (TPSA) is 63.7 Å². The van der Waals surface area contributed by atoms with Gasteiger partial charge in [0.1, 0.15) is 6.42 Å².